The second-order valence-electron chi connectivity index (χ2n) is 5.30. The molecule has 0 fully saturated rings. The Morgan fingerprint density at radius 2 is 1.50 bits per heavy atom. The number of carbonyl (C=O) groups excluding carboxylic acids is 1. The van der Waals surface area contributed by atoms with Gasteiger partial charge in [-0.15, -0.1) is 0 Å². The van der Waals surface area contributed by atoms with Crippen LogP contribution in [0.3, 0.4) is 0 Å². The third kappa shape index (κ3) is 4.84. The molecule has 0 aliphatic carbocycles. The van der Waals surface area contributed by atoms with Crippen molar-refractivity contribution in [1.82, 2.24) is 0 Å². The summed E-state index contributed by atoms with van der Waals surface area (Å²) in [5.41, 5.74) is 1.42. The maximum atomic E-state index is 12.9. The van der Waals surface area contributed by atoms with Crippen molar-refractivity contribution in [2.45, 2.75) is 0 Å². The lowest BCUT2D eigenvalue weighted by Gasteiger charge is -2.14. The molecule has 0 saturated carbocycles. The molecule has 0 amide bonds. The maximum Gasteiger partial charge on any atom is 0.196 e. The average Bonchev–Trinajstić information content (AvgIpc) is 2.69. The predicted molar refractivity (Wildman–Crippen MR) is 97.8 cm³/mol. The van der Waals surface area contributed by atoms with Crippen LogP contribution in [0.15, 0.2) is 49.0 Å². The topological polar surface area (TPSA) is 63.2 Å². The summed E-state index contributed by atoms with van der Waals surface area (Å²) in [6, 6.07) is 12.0. The Morgan fingerprint density at radius 3 is 2.12 bits per heavy atom. The molecule has 0 aliphatic heterocycles. The molecular formula is C20H22O6. The number of hydrogen-bond acceptors (Lipinski definition) is 6. The van der Waals surface area contributed by atoms with E-state index in [1.54, 1.807) is 49.6 Å². The second kappa shape index (κ2) is 9.60. The van der Waals surface area contributed by atoms with Crippen LogP contribution in [-0.2, 0) is 9.47 Å². The first-order valence-corrected chi connectivity index (χ1v) is 7.86. The summed E-state index contributed by atoms with van der Waals surface area (Å²) in [7, 11) is 4.61. The van der Waals surface area contributed by atoms with E-state index in [0.29, 0.717) is 33.9 Å². The van der Waals surface area contributed by atoms with Crippen LogP contribution in [0.2, 0.25) is 0 Å². The SMILES string of the molecule is C=C(C(=O)c1ccc(OCOC)cc1OCOC)c1ccc(OC)cc1. The van der Waals surface area contributed by atoms with E-state index in [-0.39, 0.29) is 19.4 Å². The van der Waals surface area contributed by atoms with E-state index < -0.39 is 0 Å². The van der Waals surface area contributed by atoms with Crippen LogP contribution >= 0.6 is 0 Å². The molecule has 0 spiro atoms. The highest BCUT2D eigenvalue weighted by Gasteiger charge is 2.18. The van der Waals surface area contributed by atoms with Gasteiger partial charge in [-0.3, -0.25) is 4.79 Å². The Kier molecular flexibility index (Phi) is 7.20. The molecule has 0 heterocycles. The van der Waals surface area contributed by atoms with E-state index in [1.807, 2.05) is 0 Å². The minimum Gasteiger partial charge on any atom is -0.497 e. The van der Waals surface area contributed by atoms with Gasteiger partial charge in [0.1, 0.15) is 17.2 Å². The van der Waals surface area contributed by atoms with Gasteiger partial charge < -0.3 is 23.7 Å². The molecule has 0 bridgehead atoms. The number of methoxy groups -OCH3 is 3. The van der Waals surface area contributed by atoms with E-state index in [4.69, 9.17) is 23.7 Å². The molecule has 0 saturated heterocycles. The minimum absolute atomic E-state index is 0.00300. The molecule has 2 aromatic rings. The van der Waals surface area contributed by atoms with Crippen LogP contribution in [0, 0.1) is 0 Å². The van der Waals surface area contributed by atoms with Gasteiger partial charge in [-0.1, -0.05) is 18.7 Å². The summed E-state index contributed by atoms with van der Waals surface area (Å²) in [5.74, 6) is 1.32. The third-order valence-electron chi connectivity index (χ3n) is 3.59. The van der Waals surface area contributed by atoms with Crippen molar-refractivity contribution in [1.29, 1.82) is 0 Å². The number of hydrogen-bond donors (Lipinski definition) is 0. The van der Waals surface area contributed by atoms with Crippen LogP contribution in [0.5, 0.6) is 17.2 Å². The standard InChI is InChI=1S/C20H22O6/c1-14(15-5-7-16(24-4)8-6-15)20(21)18-10-9-17(25-12-22-2)11-19(18)26-13-23-3/h5-11H,1,12-13H2,2-4H3. The Bertz CT molecular complexity index is 751. The summed E-state index contributed by atoms with van der Waals surface area (Å²) < 4.78 is 25.9. The number of rotatable bonds is 10. The highest BCUT2D eigenvalue weighted by atomic mass is 16.7. The third-order valence-corrected chi connectivity index (χ3v) is 3.59. The highest BCUT2D eigenvalue weighted by Crippen LogP contribution is 2.30. The van der Waals surface area contributed by atoms with Crippen LogP contribution in [-0.4, -0.2) is 40.7 Å². The fraction of sp³-hybridized carbons (Fsp3) is 0.250. The van der Waals surface area contributed by atoms with Crippen molar-refractivity contribution in [2.75, 3.05) is 34.9 Å². The molecule has 0 aliphatic rings. The first-order chi connectivity index (χ1) is 12.6. The Labute approximate surface area is 152 Å². The van der Waals surface area contributed by atoms with Gasteiger partial charge in [-0.2, -0.15) is 0 Å². The van der Waals surface area contributed by atoms with E-state index >= 15 is 0 Å². The quantitative estimate of drug-likeness (QED) is 0.368. The van der Waals surface area contributed by atoms with Gasteiger partial charge in [0.25, 0.3) is 0 Å². The number of ether oxygens (including phenoxy) is 5. The second-order valence-corrected chi connectivity index (χ2v) is 5.30. The fourth-order valence-electron chi connectivity index (χ4n) is 2.23. The summed E-state index contributed by atoms with van der Waals surface area (Å²) in [6.07, 6.45) is 0. The molecule has 6 nitrogen and oxygen atoms in total. The van der Waals surface area contributed by atoms with Crippen LogP contribution in [0.25, 0.3) is 5.57 Å². The van der Waals surface area contributed by atoms with E-state index in [2.05, 4.69) is 6.58 Å². The predicted octanol–water partition coefficient (Wildman–Crippen LogP) is 3.56. The Morgan fingerprint density at radius 1 is 0.885 bits per heavy atom. The largest absolute Gasteiger partial charge is 0.497 e. The van der Waals surface area contributed by atoms with Crippen LogP contribution in [0.4, 0.5) is 0 Å². The summed E-state index contributed by atoms with van der Waals surface area (Å²) >= 11 is 0. The van der Waals surface area contributed by atoms with Gasteiger partial charge >= 0.3 is 0 Å². The molecule has 138 valence electrons. The average molecular weight is 358 g/mol. The van der Waals surface area contributed by atoms with E-state index in [0.717, 1.165) is 0 Å². The van der Waals surface area contributed by atoms with Gasteiger partial charge in [0.05, 0.1) is 12.7 Å². The number of ketones is 1. The fourth-order valence-corrected chi connectivity index (χ4v) is 2.23. The number of carbonyl (C=O) groups is 1. The lowest BCUT2D eigenvalue weighted by molar-refractivity contribution is 0.0456. The van der Waals surface area contributed by atoms with Crippen LogP contribution in [0.1, 0.15) is 15.9 Å². The van der Waals surface area contributed by atoms with Crippen molar-refractivity contribution < 1.29 is 28.5 Å². The Hall–Kier alpha value is -2.83. The number of allylic oxidation sites excluding steroid dienone is 1. The zero-order valence-corrected chi connectivity index (χ0v) is 15.1. The minimum atomic E-state index is -0.250. The summed E-state index contributed by atoms with van der Waals surface area (Å²) in [5, 5.41) is 0. The van der Waals surface area contributed by atoms with Gasteiger partial charge in [-0.05, 0) is 29.8 Å². The lowest BCUT2D eigenvalue weighted by Crippen LogP contribution is -2.08. The molecule has 2 rings (SSSR count). The lowest BCUT2D eigenvalue weighted by atomic mass is 9.97. The van der Waals surface area contributed by atoms with Crippen molar-refractivity contribution in [2.24, 2.45) is 0 Å². The first-order valence-electron chi connectivity index (χ1n) is 7.86. The molecule has 6 heteroatoms. The first kappa shape index (κ1) is 19.5. The molecule has 0 atom stereocenters. The van der Waals surface area contributed by atoms with Gasteiger partial charge in [0.2, 0.25) is 0 Å². The van der Waals surface area contributed by atoms with Crippen molar-refractivity contribution in [3.8, 4) is 17.2 Å². The molecule has 26 heavy (non-hydrogen) atoms. The molecule has 0 unspecified atom stereocenters. The molecular weight excluding hydrogens is 336 g/mol. The zero-order chi connectivity index (χ0) is 18.9. The van der Waals surface area contributed by atoms with Crippen molar-refractivity contribution >= 4 is 11.4 Å². The van der Waals surface area contributed by atoms with Gasteiger partial charge in [0, 0.05) is 25.9 Å². The summed E-state index contributed by atoms with van der Waals surface area (Å²) in [4.78, 5) is 12.9. The van der Waals surface area contributed by atoms with Gasteiger partial charge in [0.15, 0.2) is 19.4 Å². The van der Waals surface area contributed by atoms with Gasteiger partial charge in [-0.25, -0.2) is 0 Å². The number of Topliss-reactive ketones (excluding diaryl/α,β-unsaturated/α-hetero) is 1. The highest BCUT2D eigenvalue weighted by molar-refractivity contribution is 6.29. The van der Waals surface area contributed by atoms with Crippen LogP contribution < -0.4 is 14.2 Å². The van der Waals surface area contributed by atoms with Crippen molar-refractivity contribution in [3.63, 3.8) is 0 Å². The smallest absolute Gasteiger partial charge is 0.196 e. The zero-order valence-electron chi connectivity index (χ0n) is 15.1. The monoisotopic (exact) mass is 358 g/mol. The number of benzene rings is 2. The maximum absolute atomic E-state index is 12.9. The molecule has 2 aromatic carbocycles. The van der Waals surface area contributed by atoms with E-state index in [9.17, 15) is 4.79 Å². The molecule has 0 radical (unpaired) electrons. The molecule has 0 N–H and O–H groups in total. The van der Waals surface area contributed by atoms with Crippen molar-refractivity contribution in [3.05, 3.63) is 60.2 Å². The summed E-state index contributed by atoms with van der Waals surface area (Å²) in [6.45, 7) is 4.02. The Balaban J connectivity index is 2.28. The molecule has 0 aromatic heterocycles. The van der Waals surface area contributed by atoms with E-state index in [1.165, 1.54) is 14.2 Å². The normalized spacial score (nSPS) is 10.3.